The molecule has 0 saturated carbocycles. The van der Waals surface area contributed by atoms with E-state index < -0.39 is 0 Å². The fourth-order valence-corrected chi connectivity index (χ4v) is 2.90. The molecule has 156 valence electrons. The monoisotopic (exact) mass is 398 g/mol. The van der Waals surface area contributed by atoms with E-state index in [4.69, 9.17) is 9.47 Å². The summed E-state index contributed by atoms with van der Waals surface area (Å²) < 4.78 is 10.8. The fraction of sp³-hybridized carbons (Fsp3) is 0.391. The summed E-state index contributed by atoms with van der Waals surface area (Å²) in [6.07, 6.45) is 0. The summed E-state index contributed by atoms with van der Waals surface area (Å²) in [4.78, 5) is 26.0. The number of carbonyl (C=O) groups excluding carboxylic acids is 2. The highest BCUT2D eigenvalue weighted by atomic mass is 16.5. The van der Waals surface area contributed by atoms with E-state index in [0.29, 0.717) is 12.3 Å². The van der Waals surface area contributed by atoms with E-state index in [1.165, 1.54) is 11.8 Å². The largest absolute Gasteiger partial charge is 0.497 e. The van der Waals surface area contributed by atoms with E-state index in [0.717, 1.165) is 17.0 Å². The lowest BCUT2D eigenvalue weighted by Crippen LogP contribution is -2.39. The molecule has 2 amide bonds. The zero-order valence-corrected chi connectivity index (χ0v) is 17.8. The zero-order chi connectivity index (χ0) is 21.4. The van der Waals surface area contributed by atoms with Crippen LogP contribution in [0.15, 0.2) is 48.5 Å². The predicted octanol–water partition coefficient (Wildman–Crippen LogP) is 3.86. The van der Waals surface area contributed by atoms with Crippen LogP contribution in [0.5, 0.6) is 11.5 Å². The molecule has 0 unspecified atom stereocenters. The Bertz CT molecular complexity index is 826. The highest BCUT2D eigenvalue weighted by Gasteiger charge is 2.20. The summed E-state index contributed by atoms with van der Waals surface area (Å²) in [5.41, 5.74) is 1.71. The van der Waals surface area contributed by atoms with Crippen LogP contribution in [0.2, 0.25) is 0 Å². The summed E-state index contributed by atoms with van der Waals surface area (Å²) in [7, 11) is 1.60. The van der Waals surface area contributed by atoms with Gasteiger partial charge in [0.05, 0.1) is 20.2 Å². The van der Waals surface area contributed by atoms with Crippen LogP contribution in [0.25, 0.3) is 0 Å². The molecule has 0 radical (unpaired) electrons. The number of amides is 2. The predicted molar refractivity (Wildman–Crippen MR) is 115 cm³/mol. The van der Waals surface area contributed by atoms with Gasteiger partial charge in [-0.25, -0.2) is 0 Å². The normalized spacial score (nSPS) is 10.9. The first kappa shape index (κ1) is 22.3. The van der Waals surface area contributed by atoms with E-state index in [2.05, 4.69) is 26.1 Å². The number of carbonyl (C=O) groups is 2. The van der Waals surface area contributed by atoms with Gasteiger partial charge in [-0.05, 0) is 41.3 Å². The van der Waals surface area contributed by atoms with Crippen molar-refractivity contribution < 1.29 is 19.1 Å². The van der Waals surface area contributed by atoms with E-state index in [9.17, 15) is 9.59 Å². The first-order valence-corrected chi connectivity index (χ1v) is 9.62. The van der Waals surface area contributed by atoms with Gasteiger partial charge in [-0.2, -0.15) is 0 Å². The van der Waals surface area contributed by atoms with Gasteiger partial charge >= 0.3 is 0 Å². The number of anilines is 1. The molecular formula is C23H30N2O4. The molecule has 2 rings (SSSR count). The molecule has 0 spiro atoms. The molecular weight excluding hydrogens is 368 g/mol. The van der Waals surface area contributed by atoms with Crippen molar-refractivity contribution in [3.63, 3.8) is 0 Å². The molecule has 6 heteroatoms. The fourth-order valence-electron chi connectivity index (χ4n) is 2.90. The molecule has 6 nitrogen and oxygen atoms in total. The van der Waals surface area contributed by atoms with Gasteiger partial charge in [0.1, 0.15) is 18.1 Å². The first-order valence-electron chi connectivity index (χ1n) is 9.62. The Labute approximate surface area is 172 Å². The van der Waals surface area contributed by atoms with E-state index in [1.54, 1.807) is 31.4 Å². The standard InChI is InChI=1S/C23H30N2O4/c1-17(26)25(14-15-29-19-12-10-18(28-5)11-13-19)16-22(27)24-21-9-7-6-8-20(21)23(2,3)4/h6-13H,14-16H2,1-5H3,(H,24,27). The highest BCUT2D eigenvalue weighted by molar-refractivity contribution is 5.95. The highest BCUT2D eigenvalue weighted by Crippen LogP contribution is 2.29. The van der Waals surface area contributed by atoms with Crippen molar-refractivity contribution in [2.45, 2.75) is 33.1 Å². The third kappa shape index (κ3) is 6.82. The van der Waals surface area contributed by atoms with Gasteiger partial charge in [0.15, 0.2) is 0 Å². The summed E-state index contributed by atoms with van der Waals surface area (Å²) in [6.45, 7) is 8.31. The molecule has 0 saturated heterocycles. The van der Waals surface area contributed by atoms with Crippen molar-refractivity contribution in [2.75, 3.05) is 32.1 Å². The summed E-state index contributed by atoms with van der Waals surface area (Å²) in [5, 5.41) is 2.94. The second kappa shape index (κ2) is 9.96. The van der Waals surface area contributed by atoms with Crippen LogP contribution in [0.3, 0.4) is 0 Å². The maximum atomic E-state index is 12.6. The third-order valence-corrected chi connectivity index (χ3v) is 4.48. The molecule has 2 aromatic rings. The van der Waals surface area contributed by atoms with E-state index in [1.807, 2.05) is 24.3 Å². The average Bonchev–Trinajstić information content (AvgIpc) is 2.67. The Morgan fingerprint density at radius 2 is 1.62 bits per heavy atom. The average molecular weight is 399 g/mol. The number of hydrogen-bond acceptors (Lipinski definition) is 4. The molecule has 2 aromatic carbocycles. The van der Waals surface area contributed by atoms with Crippen molar-refractivity contribution >= 4 is 17.5 Å². The van der Waals surface area contributed by atoms with Gasteiger partial charge < -0.3 is 19.7 Å². The van der Waals surface area contributed by atoms with Crippen molar-refractivity contribution in [3.05, 3.63) is 54.1 Å². The van der Waals surface area contributed by atoms with Crippen LogP contribution in [-0.2, 0) is 15.0 Å². The van der Waals surface area contributed by atoms with Crippen molar-refractivity contribution in [2.24, 2.45) is 0 Å². The van der Waals surface area contributed by atoms with Crippen LogP contribution in [0, 0.1) is 0 Å². The Balaban J connectivity index is 1.93. The molecule has 29 heavy (non-hydrogen) atoms. The van der Waals surface area contributed by atoms with E-state index in [-0.39, 0.29) is 30.4 Å². The summed E-state index contributed by atoms with van der Waals surface area (Å²) >= 11 is 0. The quantitative estimate of drug-likeness (QED) is 0.733. The number of benzene rings is 2. The Morgan fingerprint density at radius 1 is 1.00 bits per heavy atom. The molecule has 0 bridgehead atoms. The number of hydrogen-bond donors (Lipinski definition) is 1. The van der Waals surface area contributed by atoms with Crippen LogP contribution in [0.1, 0.15) is 33.3 Å². The lowest BCUT2D eigenvalue weighted by molar-refractivity contribution is -0.133. The minimum Gasteiger partial charge on any atom is -0.497 e. The molecule has 0 aliphatic carbocycles. The van der Waals surface area contributed by atoms with Crippen LogP contribution in [0.4, 0.5) is 5.69 Å². The van der Waals surface area contributed by atoms with Gasteiger partial charge in [-0.15, -0.1) is 0 Å². The molecule has 1 N–H and O–H groups in total. The van der Waals surface area contributed by atoms with Crippen LogP contribution in [-0.4, -0.2) is 43.5 Å². The zero-order valence-electron chi connectivity index (χ0n) is 17.8. The van der Waals surface area contributed by atoms with Gasteiger partial charge in [0.2, 0.25) is 11.8 Å². The molecule has 0 aromatic heterocycles. The topological polar surface area (TPSA) is 67.9 Å². The van der Waals surface area contributed by atoms with E-state index >= 15 is 0 Å². The number of para-hydroxylation sites is 1. The number of ether oxygens (including phenoxy) is 2. The van der Waals surface area contributed by atoms with Crippen molar-refractivity contribution in [1.82, 2.24) is 4.90 Å². The second-order valence-electron chi connectivity index (χ2n) is 7.81. The smallest absolute Gasteiger partial charge is 0.244 e. The van der Waals surface area contributed by atoms with Gasteiger partial charge in [0.25, 0.3) is 0 Å². The minimum absolute atomic E-state index is 0.0280. The van der Waals surface area contributed by atoms with Crippen molar-refractivity contribution in [1.29, 1.82) is 0 Å². The Kier molecular flexibility index (Phi) is 7.65. The van der Waals surface area contributed by atoms with Crippen LogP contribution >= 0.6 is 0 Å². The number of rotatable bonds is 8. The minimum atomic E-state index is -0.235. The Morgan fingerprint density at radius 3 is 2.21 bits per heavy atom. The molecule has 0 aliphatic heterocycles. The number of nitrogens with one attached hydrogen (secondary N) is 1. The van der Waals surface area contributed by atoms with Gasteiger partial charge in [-0.1, -0.05) is 39.0 Å². The molecule has 0 fully saturated rings. The van der Waals surface area contributed by atoms with Crippen molar-refractivity contribution in [3.8, 4) is 11.5 Å². The van der Waals surface area contributed by atoms with Crippen LogP contribution < -0.4 is 14.8 Å². The molecule has 0 atom stereocenters. The lowest BCUT2D eigenvalue weighted by atomic mass is 9.86. The maximum absolute atomic E-state index is 12.6. The summed E-state index contributed by atoms with van der Waals surface area (Å²) in [5.74, 6) is 1.01. The maximum Gasteiger partial charge on any atom is 0.244 e. The molecule has 0 heterocycles. The Hall–Kier alpha value is -3.02. The lowest BCUT2D eigenvalue weighted by Gasteiger charge is -2.24. The third-order valence-electron chi connectivity index (χ3n) is 4.48. The second-order valence-corrected chi connectivity index (χ2v) is 7.81. The summed E-state index contributed by atoms with van der Waals surface area (Å²) in [6, 6.07) is 14.9. The first-order chi connectivity index (χ1) is 13.7. The number of nitrogens with zero attached hydrogens (tertiary/aromatic N) is 1. The van der Waals surface area contributed by atoms with Gasteiger partial charge in [0, 0.05) is 12.6 Å². The molecule has 0 aliphatic rings. The SMILES string of the molecule is COc1ccc(OCCN(CC(=O)Nc2ccccc2C(C)(C)C)C(C)=O)cc1. The van der Waals surface area contributed by atoms with Gasteiger partial charge in [-0.3, -0.25) is 9.59 Å². The number of methoxy groups -OCH3 is 1.